The van der Waals surface area contributed by atoms with E-state index in [0.717, 1.165) is 17.3 Å². The molecule has 0 unspecified atom stereocenters. The highest BCUT2D eigenvalue weighted by molar-refractivity contribution is 6.99. The molecule has 0 fully saturated rings. The normalized spacial score (nSPS) is 11.6. The third-order valence-corrected chi connectivity index (χ3v) is 4.19. The van der Waals surface area contributed by atoms with E-state index in [2.05, 4.69) is 19.4 Å². The van der Waals surface area contributed by atoms with Gasteiger partial charge < -0.3 is 10.6 Å². The fourth-order valence-corrected chi connectivity index (χ4v) is 2.69. The van der Waals surface area contributed by atoms with Gasteiger partial charge in [0.1, 0.15) is 5.82 Å². The molecule has 1 aromatic heterocycles. The van der Waals surface area contributed by atoms with Crippen molar-refractivity contribution in [3.63, 3.8) is 0 Å². The molecule has 8 heteroatoms. The van der Waals surface area contributed by atoms with Crippen LogP contribution in [0.25, 0.3) is 0 Å². The molecule has 0 saturated carbocycles. The highest BCUT2D eigenvalue weighted by Crippen LogP contribution is 2.17. The molecule has 2 aromatic carbocycles. The summed E-state index contributed by atoms with van der Waals surface area (Å²) < 4.78 is 20.6. The number of carbonyl (C=O) groups excluding carboxylic acids is 2. The van der Waals surface area contributed by atoms with Gasteiger partial charge in [0.05, 0.1) is 24.0 Å². The smallest absolute Gasteiger partial charge is 0.273 e. The highest BCUT2D eigenvalue weighted by atomic mass is 32.1. The van der Waals surface area contributed by atoms with Crippen LogP contribution >= 0.6 is 11.7 Å². The highest BCUT2D eigenvalue weighted by Gasteiger charge is 2.14. The number of rotatable bonds is 5. The number of hydrogen-bond donors (Lipinski definition) is 2. The van der Waals surface area contributed by atoms with Crippen LogP contribution in [0.5, 0.6) is 0 Å². The van der Waals surface area contributed by atoms with Crippen LogP contribution in [-0.2, 0) is 0 Å². The van der Waals surface area contributed by atoms with Crippen molar-refractivity contribution >= 4 is 29.2 Å². The minimum absolute atomic E-state index is 0.231. The number of amides is 2. The number of nitrogens with one attached hydrogen (secondary N) is 2. The molecule has 0 aliphatic carbocycles. The summed E-state index contributed by atoms with van der Waals surface area (Å²) in [5.41, 5.74) is 2.13. The Balaban J connectivity index is 1.61. The second-order valence-electron chi connectivity index (χ2n) is 5.57. The lowest BCUT2D eigenvalue weighted by molar-refractivity contribution is 0.0935. The molecule has 0 aliphatic rings. The Morgan fingerprint density at radius 3 is 2.35 bits per heavy atom. The lowest BCUT2D eigenvalue weighted by Gasteiger charge is -2.14. The Morgan fingerprint density at radius 2 is 1.73 bits per heavy atom. The number of hydrogen-bond acceptors (Lipinski definition) is 5. The Bertz CT molecular complexity index is 896. The lowest BCUT2D eigenvalue weighted by Crippen LogP contribution is -2.26. The molecule has 6 nitrogen and oxygen atoms in total. The standard InChI is InChI=1S/C18H15FN4O2S/c1-11(21-18(25)16-10-20-26-23-16)12-4-8-15(9-5-12)22-17(24)13-2-6-14(19)7-3-13/h2-11H,1H3,(H,21,25)(H,22,24)/t11-/m1/s1. The maximum atomic E-state index is 12.9. The molecule has 2 amide bonds. The number of anilines is 1. The van der Waals surface area contributed by atoms with Gasteiger partial charge in [-0.2, -0.15) is 8.75 Å². The van der Waals surface area contributed by atoms with Crippen LogP contribution < -0.4 is 10.6 Å². The van der Waals surface area contributed by atoms with Gasteiger partial charge in [0.15, 0.2) is 5.69 Å². The van der Waals surface area contributed by atoms with E-state index < -0.39 is 5.82 Å². The van der Waals surface area contributed by atoms with Crippen molar-refractivity contribution in [2.24, 2.45) is 0 Å². The predicted molar refractivity (Wildman–Crippen MR) is 96.6 cm³/mol. The van der Waals surface area contributed by atoms with Crippen molar-refractivity contribution in [3.8, 4) is 0 Å². The SMILES string of the molecule is C[C@@H](NC(=O)c1cnsn1)c1ccc(NC(=O)c2ccc(F)cc2)cc1. The van der Waals surface area contributed by atoms with Gasteiger partial charge in [-0.25, -0.2) is 4.39 Å². The lowest BCUT2D eigenvalue weighted by atomic mass is 10.1. The largest absolute Gasteiger partial charge is 0.344 e. The summed E-state index contributed by atoms with van der Waals surface area (Å²) in [6, 6.07) is 12.2. The molecule has 26 heavy (non-hydrogen) atoms. The zero-order valence-corrected chi connectivity index (χ0v) is 14.6. The van der Waals surface area contributed by atoms with Crippen LogP contribution in [0.2, 0.25) is 0 Å². The van der Waals surface area contributed by atoms with Crippen molar-refractivity contribution in [2.75, 3.05) is 5.32 Å². The summed E-state index contributed by atoms with van der Waals surface area (Å²) in [5, 5.41) is 5.57. The van der Waals surface area contributed by atoms with Gasteiger partial charge in [0, 0.05) is 11.3 Å². The zero-order chi connectivity index (χ0) is 18.5. The van der Waals surface area contributed by atoms with Gasteiger partial charge in [0.2, 0.25) is 0 Å². The van der Waals surface area contributed by atoms with Gasteiger partial charge in [-0.05, 0) is 48.9 Å². The van der Waals surface area contributed by atoms with Crippen molar-refractivity contribution < 1.29 is 14.0 Å². The average Bonchev–Trinajstić information content (AvgIpc) is 3.17. The van der Waals surface area contributed by atoms with Crippen molar-refractivity contribution in [2.45, 2.75) is 13.0 Å². The van der Waals surface area contributed by atoms with Gasteiger partial charge >= 0.3 is 0 Å². The molecule has 0 bridgehead atoms. The first-order valence-corrected chi connectivity index (χ1v) is 8.51. The van der Waals surface area contributed by atoms with Gasteiger partial charge in [0.25, 0.3) is 11.8 Å². The quantitative estimate of drug-likeness (QED) is 0.721. The summed E-state index contributed by atoms with van der Waals surface area (Å²) in [6.07, 6.45) is 1.42. The Hall–Kier alpha value is -3.13. The van der Waals surface area contributed by atoms with E-state index in [-0.39, 0.29) is 23.6 Å². The van der Waals surface area contributed by atoms with E-state index in [0.29, 0.717) is 11.3 Å². The van der Waals surface area contributed by atoms with E-state index in [1.165, 1.54) is 30.5 Å². The molecular weight excluding hydrogens is 355 g/mol. The maximum Gasteiger partial charge on any atom is 0.273 e. The number of benzene rings is 2. The van der Waals surface area contributed by atoms with Crippen LogP contribution in [-0.4, -0.2) is 20.6 Å². The monoisotopic (exact) mass is 370 g/mol. The predicted octanol–water partition coefficient (Wildman–Crippen LogP) is 3.42. The summed E-state index contributed by atoms with van der Waals surface area (Å²) in [4.78, 5) is 24.1. The van der Waals surface area contributed by atoms with E-state index >= 15 is 0 Å². The van der Waals surface area contributed by atoms with E-state index in [9.17, 15) is 14.0 Å². The summed E-state index contributed by atoms with van der Waals surface area (Å²) in [5.74, 6) is -1.01. The van der Waals surface area contributed by atoms with Crippen LogP contribution in [0.3, 0.4) is 0 Å². The first kappa shape index (κ1) is 17.7. The molecule has 3 rings (SSSR count). The number of carbonyl (C=O) groups is 2. The Morgan fingerprint density at radius 1 is 1.04 bits per heavy atom. The van der Waals surface area contributed by atoms with Crippen molar-refractivity contribution in [1.29, 1.82) is 0 Å². The minimum atomic E-state index is -0.393. The topological polar surface area (TPSA) is 84.0 Å². The molecule has 0 saturated heterocycles. The van der Waals surface area contributed by atoms with Gasteiger partial charge in [-0.15, -0.1) is 0 Å². The second-order valence-corrected chi connectivity index (χ2v) is 6.13. The third kappa shape index (κ3) is 4.28. The number of aromatic nitrogens is 2. The van der Waals surface area contributed by atoms with E-state index in [4.69, 9.17) is 0 Å². The average molecular weight is 370 g/mol. The minimum Gasteiger partial charge on any atom is -0.344 e. The molecule has 1 atom stereocenters. The number of halogens is 1. The molecule has 2 N–H and O–H groups in total. The van der Waals surface area contributed by atoms with Gasteiger partial charge in [-0.3, -0.25) is 9.59 Å². The fourth-order valence-electron chi connectivity index (χ4n) is 2.28. The van der Waals surface area contributed by atoms with Gasteiger partial charge in [-0.1, -0.05) is 12.1 Å². The summed E-state index contributed by atoms with van der Waals surface area (Å²) in [6.45, 7) is 1.85. The molecule has 0 aliphatic heterocycles. The van der Waals surface area contributed by atoms with Crippen LogP contribution in [0.4, 0.5) is 10.1 Å². The third-order valence-electron chi connectivity index (χ3n) is 3.72. The first-order valence-electron chi connectivity index (χ1n) is 7.78. The molecule has 132 valence electrons. The van der Waals surface area contributed by atoms with E-state index in [1.807, 2.05) is 19.1 Å². The molecule has 1 heterocycles. The van der Waals surface area contributed by atoms with Crippen LogP contribution in [0.15, 0.2) is 54.7 Å². The Labute approximate surface area is 153 Å². The van der Waals surface area contributed by atoms with Crippen LogP contribution in [0, 0.1) is 5.82 Å². The van der Waals surface area contributed by atoms with Crippen LogP contribution in [0.1, 0.15) is 39.4 Å². The maximum absolute atomic E-state index is 12.9. The van der Waals surface area contributed by atoms with Crippen molar-refractivity contribution in [1.82, 2.24) is 14.1 Å². The summed E-state index contributed by atoms with van der Waals surface area (Å²) in [7, 11) is 0. The van der Waals surface area contributed by atoms with E-state index in [1.54, 1.807) is 12.1 Å². The molecule has 3 aromatic rings. The second kappa shape index (κ2) is 7.83. The number of nitrogens with zero attached hydrogens (tertiary/aromatic N) is 2. The Kier molecular flexibility index (Phi) is 5.33. The molecule has 0 spiro atoms. The molecule has 0 radical (unpaired) electrons. The summed E-state index contributed by atoms with van der Waals surface area (Å²) >= 11 is 0.976. The first-order chi connectivity index (χ1) is 12.5. The zero-order valence-electron chi connectivity index (χ0n) is 13.8. The molecular formula is C18H15FN4O2S. The fraction of sp³-hybridized carbons (Fsp3) is 0.111. The van der Waals surface area contributed by atoms with Crippen molar-refractivity contribution in [3.05, 3.63) is 77.4 Å².